The largest absolute Gasteiger partial charge is 0.493 e. The van der Waals surface area contributed by atoms with E-state index in [1.165, 1.54) is 4.88 Å². The highest BCUT2D eigenvalue weighted by atomic mass is 32.1. The molecule has 96 valence electrons. The Bertz CT molecular complexity index is 497. The van der Waals surface area contributed by atoms with E-state index in [9.17, 15) is 0 Å². The molecule has 0 aliphatic carbocycles. The average molecular weight is 263 g/mol. The minimum absolute atomic E-state index is 0.281. The Hall–Kier alpha value is -1.68. The number of benzene rings is 1. The Morgan fingerprint density at radius 1 is 1.11 bits per heavy atom. The number of methoxy groups -OCH3 is 2. The highest BCUT2D eigenvalue weighted by molar-refractivity contribution is 7.10. The van der Waals surface area contributed by atoms with Gasteiger partial charge < -0.3 is 14.8 Å². The predicted octanol–water partition coefficient (Wildman–Crippen LogP) is 3.94. The van der Waals surface area contributed by atoms with Gasteiger partial charge in [-0.1, -0.05) is 6.07 Å². The molecule has 0 saturated heterocycles. The second-order valence-electron chi connectivity index (χ2n) is 3.95. The molecule has 0 bridgehead atoms. The summed E-state index contributed by atoms with van der Waals surface area (Å²) in [5, 5.41) is 5.53. The number of thiophene rings is 1. The first-order valence-corrected chi connectivity index (χ1v) is 6.64. The molecular weight excluding hydrogens is 246 g/mol. The highest BCUT2D eigenvalue weighted by Crippen LogP contribution is 2.31. The lowest BCUT2D eigenvalue weighted by Crippen LogP contribution is -2.05. The minimum Gasteiger partial charge on any atom is -0.493 e. The van der Waals surface area contributed by atoms with Crippen molar-refractivity contribution in [3.8, 4) is 11.5 Å². The molecule has 1 heterocycles. The zero-order chi connectivity index (χ0) is 13.0. The van der Waals surface area contributed by atoms with Gasteiger partial charge in [-0.15, -0.1) is 11.3 Å². The van der Waals surface area contributed by atoms with E-state index in [-0.39, 0.29) is 6.04 Å². The number of ether oxygens (including phenoxy) is 2. The van der Waals surface area contributed by atoms with Gasteiger partial charge in [-0.25, -0.2) is 0 Å². The van der Waals surface area contributed by atoms with Crippen LogP contribution in [0.3, 0.4) is 0 Å². The first-order valence-electron chi connectivity index (χ1n) is 5.76. The van der Waals surface area contributed by atoms with E-state index in [2.05, 4.69) is 29.8 Å². The fourth-order valence-corrected chi connectivity index (χ4v) is 2.52. The Kier molecular flexibility index (Phi) is 4.10. The van der Waals surface area contributed by atoms with Crippen LogP contribution in [0, 0.1) is 0 Å². The Morgan fingerprint density at radius 3 is 2.50 bits per heavy atom. The van der Waals surface area contributed by atoms with E-state index in [0.29, 0.717) is 0 Å². The predicted molar refractivity (Wildman–Crippen MR) is 75.9 cm³/mol. The molecule has 2 rings (SSSR count). The quantitative estimate of drug-likeness (QED) is 0.886. The molecule has 0 aliphatic rings. The van der Waals surface area contributed by atoms with E-state index in [0.717, 1.165) is 17.2 Å². The molecule has 18 heavy (non-hydrogen) atoms. The fourth-order valence-electron chi connectivity index (χ4n) is 1.78. The average Bonchev–Trinajstić information content (AvgIpc) is 2.92. The van der Waals surface area contributed by atoms with Crippen LogP contribution in [0.25, 0.3) is 0 Å². The van der Waals surface area contributed by atoms with Gasteiger partial charge in [-0.05, 0) is 30.5 Å². The van der Waals surface area contributed by atoms with E-state index in [1.54, 1.807) is 25.6 Å². The topological polar surface area (TPSA) is 30.5 Å². The van der Waals surface area contributed by atoms with Crippen molar-refractivity contribution < 1.29 is 9.47 Å². The molecule has 0 radical (unpaired) electrons. The van der Waals surface area contributed by atoms with Crippen LogP contribution in [0.1, 0.15) is 17.8 Å². The van der Waals surface area contributed by atoms with Crippen LogP contribution < -0.4 is 14.8 Å². The van der Waals surface area contributed by atoms with E-state index < -0.39 is 0 Å². The van der Waals surface area contributed by atoms with Crippen LogP contribution in [0.4, 0.5) is 5.69 Å². The summed E-state index contributed by atoms with van der Waals surface area (Å²) in [4.78, 5) is 1.31. The molecule has 1 atom stereocenters. The summed E-state index contributed by atoms with van der Waals surface area (Å²) in [6.45, 7) is 2.14. The van der Waals surface area contributed by atoms with Gasteiger partial charge in [0.05, 0.1) is 20.3 Å². The van der Waals surface area contributed by atoms with Gasteiger partial charge in [-0.2, -0.15) is 0 Å². The maximum Gasteiger partial charge on any atom is 0.162 e. The molecule has 0 fully saturated rings. The van der Waals surface area contributed by atoms with Crippen LogP contribution in [0.2, 0.25) is 0 Å². The lowest BCUT2D eigenvalue weighted by Gasteiger charge is -2.15. The standard InChI is InChI=1S/C14H17NO2S/c1-10(14-5-4-8-18-14)15-11-6-7-12(16-2)13(9-11)17-3/h4-10,15H,1-3H3. The van der Waals surface area contributed by atoms with Gasteiger partial charge in [0.15, 0.2) is 11.5 Å². The van der Waals surface area contributed by atoms with Crippen molar-refractivity contribution in [1.82, 2.24) is 0 Å². The van der Waals surface area contributed by atoms with E-state index in [1.807, 2.05) is 18.2 Å². The SMILES string of the molecule is COc1ccc(NC(C)c2cccs2)cc1OC. The third-order valence-electron chi connectivity index (χ3n) is 2.74. The molecule has 0 amide bonds. The highest BCUT2D eigenvalue weighted by Gasteiger charge is 2.08. The van der Waals surface area contributed by atoms with Crippen molar-refractivity contribution in [2.75, 3.05) is 19.5 Å². The third-order valence-corrected chi connectivity index (χ3v) is 3.79. The number of rotatable bonds is 5. The van der Waals surface area contributed by atoms with Crippen molar-refractivity contribution in [1.29, 1.82) is 0 Å². The zero-order valence-corrected chi connectivity index (χ0v) is 11.6. The minimum atomic E-state index is 0.281. The molecular formula is C14H17NO2S. The summed E-state index contributed by atoms with van der Waals surface area (Å²) in [5.74, 6) is 1.48. The molecule has 0 saturated carbocycles. The molecule has 3 nitrogen and oxygen atoms in total. The molecule has 0 spiro atoms. The van der Waals surface area contributed by atoms with Crippen LogP contribution >= 0.6 is 11.3 Å². The molecule has 1 aromatic heterocycles. The lowest BCUT2D eigenvalue weighted by molar-refractivity contribution is 0.355. The first-order chi connectivity index (χ1) is 8.74. The van der Waals surface area contributed by atoms with Crippen molar-refractivity contribution >= 4 is 17.0 Å². The van der Waals surface area contributed by atoms with Crippen molar-refractivity contribution in [2.24, 2.45) is 0 Å². The third kappa shape index (κ3) is 2.76. The molecule has 2 aromatic rings. The lowest BCUT2D eigenvalue weighted by atomic mass is 10.2. The molecule has 0 aliphatic heterocycles. The summed E-state index contributed by atoms with van der Waals surface area (Å²) in [5.41, 5.74) is 1.02. The van der Waals surface area contributed by atoms with Crippen LogP contribution in [-0.4, -0.2) is 14.2 Å². The second kappa shape index (κ2) is 5.78. The number of anilines is 1. The van der Waals surface area contributed by atoms with Gasteiger partial charge in [0.25, 0.3) is 0 Å². The van der Waals surface area contributed by atoms with Crippen molar-refractivity contribution in [3.05, 3.63) is 40.6 Å². The number of hydrogen-bond donors (Lipinski definition) is 1. The Morgan fingerprint density at radius 2 is 1.89 bits per heavy atom. The molecule has 1 aromatic carbocycles. The summed E-state index contributed by atoms with van der Waals surface area (Å²) in [7, 11) is 3.28. The number of hydrogen-bond acceptors (Lipinski definition) is 4. The van der Waals surface area contributed by atoms with Crippen molar-refractivity contribution in [2.45, 2.75) is 13.0 Å². The molecule has 4 heteroatoms. The Labute approximate surface area is 111 Å². The van der Waals surface area contributed by atoms with Crippen LogP contribution in [0.5, 0.6) is 11.5 Å². The summed E-state index contributed by atoms with van der Waals surface area (Å²) in [6.07, 6.45) is 0. The zero-order valence-electron chi connectivity index (χ0n) is 10.8. The monoisotopic (exact) mass is 263 g/mol. The maximum absolute atomic E-state index is 5.29. The second-order valence-corrected chi connectivity index (χ2v) is 4.93. The summed E-state index contributed by atoms with van der Waals surface area (Å²) >= 11 is 1.75. The van der Waals surface area contributed by atoms with E-state index >= 15 is 0 Å². The molecule has 1 unspecified atom stereocenters. The van der Waals surface area contributed by atoms with E-state index in [4.69, 9.17) is 9.47 Å². The Balaban J connectivity index is 2.14. The number of nitrogens with one attached hydrogen (secondary N) is 1. The molecule has 1 N–H and O–H groups in total. The van der Waals surface area contributed by atoms with Crippen molar-refractivity contribution in [3.63, 3.8) is 0 Å². The van der Waals surface area contributed by atoms with Gasteiger partial charge in [0, 0.05) is 16.6 Å². The first kappa shape index (κ1) is 12.8. The summed E-state index contributed by atoms with van der Waals surface area (Å²) < 4.78 is 10.5. The summed E-state index contributed by atoms with van der Waals surface area (Å²) in [6, 6.07) is 10.3. The normalized spacial score (nSPS) is 11.9. The fraction of sp³-hybridized carbons (Fsp3) is 0.286. The van der Waals surface area contributed by atoms with Gasteiger partial charge in [0.1, 0.15) is 0 Å². The van der Waals surface area contributed by atoms with Gasteiger partial charge in [-0.3, -0.25) is 0 Å². The van der Waals surface area contributed by atoms with Gasteiger partial charge in [0.2, 0.25) is 0 Å². The van der Waals surface area contributed by atoms with Gasteiger partial charge >= 0.3 is 0 Å². The van der Waals surface area contributed by atoms with Crippen LogP contribution in [0.15, 0.2) is 35.7 Å². The maximum atomic E-state index is 5.29. The smallest absolute Gasteiger partial charge is 0.162 e. The van der Waals surface area contributed by atoms with Crippen LogP contribution in [-0.2, 0) is 0 Å².